The molecule has 2 nitrogen and oxygen atoms in total. The SMILES string of the molecule is Cc1ccccc1C(N)CCN1CCc2ccc(F)cc21. The van der Waals surface area contributed by atoms with Gasteiger partial charge in [-0.1, -0.05) is 30.3 Å². The molecule has 0 bridgehead atoms. The van der Waals surface area contributed by atoms with Crippen molar-refractivity contribution in [3.8, 4) is 0 Å². The summed E-state index contributed by atoms with van der Waals surface area (Å²) in [6, 6.07) is 13.4. The van der Waals surface area contributed by atoms with Crippen LogP contribution in [0.5, 0.6) is 0 Å². The molecule has 0 aliphatic carbocycles. The molecule has 3 heteroatoms. The minimum absolute atomic E-state index is 0.0313. The predicted octanol–water partition coefficient (Wildman–Crippen LogP) is 3.59. The van der Waals surface area contributed by atoms with Gasteiger partial charge in [-0.2, -0.15) is 0 Å². The molecule has 1 heterocycles. The van der Waals surface area contributed by atoms with Crippen molar-refractivity contribution < 1.29 is 4.39 Å². The Balaban J connectivity index is 1.67. The van der Waals surface area contributed by atoms with E-state index in [2.05, 4.69) is 24.0 Å². The molecule has 1 atom stereocenters. The molecule has 0 radical (unpaired) electrons. The van der Waals surface area contributed by atoms with Crippen LogP contribution in [-0.2, 0) is 6.42 Å². The topological polar surface area (TPSA) is 29.3 Å². The van der Waals surface area contributed by atoms with Gasteiger partial charge in [-0.25, -0.2) is 4.39 Å². The molecular weight excluding hydrogens is 263 g/mol. The van der Waals surface area contributed by atoms with Crippen molar-refractivity contribution in [3.63, 3.8) is 0 Å². The molecule has 0 aromatic heterocycles. The van der Waals surface area contributed by atoms with Crippen LogP contribution >= 0.6 is 0 Å². The Kier molecular flexibility index (Phi) is 3.93. The van der Waals surface area contributed by atoms with Gasteiger partial charge >= 0.3 is 0 Å². The summed E-state index contributed by atoms with van der Waals surface area (Å²) in [5.41, 5.74) is 11.0. The fourth-order valence-corrected chi connectivity index (χ4v) is 3.10. The molecule has 0 saturated heterocycles. The van der Waals surface area contributed by atoms with Gasteiger partial charge in [0.2, 0.25) is 0 Å². The lowest BCUT2D eigenvalue weighted by molar-refractivity contribution is 0.621. The number of nitrogens with two attached hydrogens (primary N) is 1. The number of anilines is 1. The second-order valence-corrected chi connectivity index (χ2v) is 5.76. The normalized spacial score (nSPS) is 15.1. The summed E-state index contributed by atoms with van der Waals surface area (Å²) in [4.78, 5) is 2.25. The summed E-state index contributed by atoms with van der Waals surface area (Å²) in [5, 5.41) is 0. The monoisotopic (exact) mass is 284 g/mol. The average Bonchev–Trinajstić information content (AvgIpc) is 2.87. The quantitative estimate of drug-likeness (QED) is 0.929. The van der Waals surface area contributed by atoms with Crippen LogP contribution in [0.2, 0.25) is 0 Å². The molecule has 0 fully saturated rings. The zero-order valence-electron chi connectivity index (χ0n) is 12.3. The lowest BCUT2D eigenvalue weighted by atomic mass is 9.99. The van der Waals surface area contributed by atoms with Crippen molar-refractivity contribution in [3.05, 3.63) is 65.0 Å². The molecule has 0 amide bonds. The zero-order chi connectivity index (χ0) is 14.8. The van der Waals surface area contributed by atoms with Crippen molar-refractivity contribution in [2.75, 3.05) is 18.0 Å². The van der Waals surface area contributed by atoms with E-state index in [0.717, 1.165) is 31.6 Å². The third-order valence-electron chi connectivity index (χ3n) is 4.34. The summed E-state index contributed by atoms with van der Waals surface area (Å²) < 4.78 is 13.4. The maximum absolute atomic E-state index is 13.4. The van der Waals surface area contributed by atoms with E-state index in [1.54, 1.807) is 12.1 Å². The first-order valence-corrected chi connectivity index (χ1v) is 7.49. The van der Waals surface area contributed by atoms with Crippen LogP contribution < -0.4 is 10.6 Å². The number of rotatable bonds is 4. The Labute approximate surface area is 125 Å². The highest BCUT2D eigenvalue weighted by Gasteiger charge is 2.20. The second kappa shape index (κ2) is 5.86. The van der Waals surface area contributed by atoms with Crippen LogP contribution in [0.1, 0.15) is 29.2 Å². The van der Waals surface area contributed by atoms with Gasteiger partial charge < -0.3 is 10.6 Å². The predicted molar refractivity (Wildman–Crippen MR) is 85.0 cm³/mol. The maximum Gasteiger partial charge on any atom is 0.125 e. The summed E-state index contributed by atoms with van der Waals surface area (Å²) in [5.74, 6) is -0.163. The fourth-order valence-electron chi connectivity index (χ4n) is 3.10. The molecule has 2 N–H and O–H groups in total. The molecule has 2 aromatic rings. The van der Waals surface area contributed by atoms with Crippen molar-refractivity contribution in [1.29, 1.82) is 0 Å². The van der Waals surface area contributed by atoms with Crippen LogP contribution in [0.25, 0.3) is 0 Å². The minimum Gasteiger partial charge on any atom is -0.371 e. The average molecular weight is 284 g/mol. The van der Waals surface area contributed by atoms with E-state index in [-0.39, 0.29) is 11.9 Å². The standard InChI is InChI=1S/C18H21FN2/c1-13-4-2-3-5-16(13)17(20)9-11-21-10-8-14-6-7-15(19)12-18(14)21/h2-7,12,17H,8-11,20H2,1H3. The third-order valence-corrected chi connectivity index (χ3v) is 4.34. The number of halogens is 1. The molecule has 1 aliphatic heterocycles. The van der Waals surface area contributed by atoms with Gasteiger partial charge in [-0.15, -0.1) is 0 Å². The highest BCUT2D eigenvalue weighted by molar-refractivity contribution is 5.58. The van der Waals surface area contributed by atoms with Crippen molar-refractivity contribution in [1.82, 2.24) is 0 Å². The van der Waals surface area contributed by atoms with Crippen molar-refractivity contribution in [2.24, 2.45) is 5.73 Å². The Bertz CT molecular complexity index is 639. The lowest BCUT2D eigenvalue weighted by Crippen LogP contribution is -2.25. The molecule has 1 unspecified atom stereocenters. The zero-order valence-corrected chi connectivity index (χ0v) is 12.3. The Morgan fingerprint density at radius 2 is 2.05 bits per heavy atom. The number of hydrogen-bond acceptors (Lipinski definition) is 2. The van der Waals surface area contributed by atoms with E-state index >= 15 is 0 Å². The summed E-state index contributed by atoms with van der Waals surface area (Å²) in [6.45, 7) is 3.92. The van der Waals surface area contributed by atoms with Crippen LogP contribution in [-0.4, -0.2) is 13.1 Å². The lowest BCUT2D eigenvalue weighted by Gasteiger charge is -2.22. The fraction of sp³-hybridized carbons (Fsp3) is 0.333. The van der Waals surface area contributed by atoms with E-state index in [0.29, 0.717) is 0 Å². The van der Waals surface area contributed by atoms with Gasteiger partial charge in [0.15, 0.2) is 0 Å². The third kappa shape index (κ3) is 2.93. The molecule has 21 heavy (non-hydrogen) atoms. The number of hydrogen-bond donors (Lipinski definition) is 1. The van der Waals surface area contributed by atoms with Crippen LogP contribution in [0.15, 0.2) is 42.5 Å². The van der Waals surface area contributed by atoms with Gasteiger partial charge in [0.25, 0.3) is 0 Å². The van der Waals surface area contributed by atoms with Crippen LogP contribution in [0.4, 0.5) is 10.1 Å². The molecule has 1 aliphatic rings. The van der Waals surface area contributed by atoms with Gasteiger partial charge in [-0.05, 0) is 48.6 Å². The number of benzene rings is 2. The first kappa shape index (κ1) is 14.1. The highest BCUT2D eigenvalue weighted by atomic mass is 19.1. The highest BCUT2D eigenvalue weighted by Crippen LogP contribution is 2.29. The second-order valence-electron chi connectivity index (χ2n) is 5.76. The Morgan fingerprint density at radius 1 is 1.24 bits per heavy atom. The number of aryl methyl sites for hydroxylation is 1. The summed E-state index contributed by atoms with van der Waals surface area (Å²) in [6.07, 6.45) is 1.87. The molecule has 0 spiro atoms. The van der Waals surface area contributed by atoms with Crippen molar-refractivity contribution >= 4 is 5.69 Å². The van der Waals surface area contributed by atoms with Gasteiger partial charge in [0.05, 0.1) is 0 Å². The van der Waals surface area contributed by atoms with E-state index in [1.165, 1.54) is 16.7 Å². The molecule has 110 valence electrons. The Morgan fingerprint density at radius 3 is 2.86 bits per heavy atom. The number of fused-ring (bicyclic) bond motifs is 1. The summed E-state index contributed by atoms with van der Waals surface area (Å²) >= 11 is 0. The van der Waals surface area contributed by atoms with E-state index in [4.69, 9.17) is 5.73 Å². The first-order valence-electron chi connectivity index (χ1n) is 7.49. The summed E-state index contributed by atoms with van der Waals surface area (Å²) in [7, 11) is 0. The molecule has 0 saturated carbocycles. The van der Waals surface area contributed by atoms with Crippen LogP contribution in [0.3, 0.4) is 0 Å². The maximum atomic E-state index is 13.4. The van der Waals surface area contributed by atoms with Gasteiger partial charge in [0, 0.05) is 24.8 Å². The van der Waals surface area contributed by atoms with E-state index in [9.17, 15) is 4.39 Å². The van der Waals surface area contributed by atoms with E-state index < -0.39 is 0 Å². The minimum atomic E-state index is -0.163. The largest absolute Gasteiger partial charge is 0.371 e. The van der Waals surface area contributed by atoms with Gasteiger partial charge in [-0.3, -0.25) is 0 Å². The van der Waals surface area contributed by atoms with Crippen molar-refractivity contribution in [2.45, 2.75) is 25.8 Å². The van der Waals surface area contributed by atoms with E-state index in [1.807, 2.05) is 18.2 Å². The smallest absolute Gasteiger partial charge is 0.125 e. The van der Waals surface area contributed by atoms with Crippen LogP contribution in [0, 0.1) is 12.7 Å². The molecule has 2 aromatic carbocycles. The molecular formula is C18H21FN2. The first-order chi connectivity index (χ1) is 10.1. The molecule has 3 rings (SSSR count). The number of nitrogens with zero attached hydrogens (tertiary/aromatic N) is 1. The Hall–Kier alpha value is -1.87. The van der Waals surface area contributed by atoms with Gasteiger partial charge in [0.1, 0.15) is 5.82 Å².